The summed E-state index contributed by atoms with van der Waals surface area (Å²) >= 11 is 1.44. The molecule has 7 amide bonds. The third-order valence-electron chi connectivity index (χ3n) is 11.4. The Hall–Kier alpha value is -5.48. The molecule has 5 aliphatic rings. The molecule has 4 aliphatic heterocycles. The maximum Gasteiger partial charge on any atom is 0.264 e. The lowest BCUT2D eigenvalue weighted by molar-refractivity contribution is -0.136. The van der Waals surface area contributed by atoms with Gasteiger partial charge in [-0.15, -0.1) is 11.3 Å². The standard InChI is InChI=1S/C41H46N8O7S/c1-24-36(27-11-12-30-26(22-27)15-17-48(30)38(54)25-9-10-25)45-41(57-24)44-33(51)23-46-18-20-47(21-19-46)34(52)8-3-2-4-16-42-29-7-5-6-28-35(29)40(56)49(39(28)55)31-13-14-32(50)43-37(31)53/h5-7,11-12,22,25,31,42H,2-4,8-10,13-21,23H2,1H3,(H,43,50,53)(H,44,45,51). The highest BCUT2D eigenvalue weighted by molar-refractivity contribution is 7.16. The van der Waals surface area contributed by atoms with Gasteiger partial charge in [-0.2, -0.15) is 0 Å². The van der Waals surface area contributed by atoms with E-state index in [-0.39, 0.29) is 54.2 Å². The van der Waals surface area contributed by atoms with E-state index < -0.39 is 29.7 Å². The van der Waals surface area contributed by atoms with Crippen molar-refractivity contribution in [2.45, 2.75) is 70.8 Å². The minimum atomic E-state index is -1.02. The van der Waals surface area contributed by atoms with Gasteiger partial charge in [0, 0.05) is 79.8 Å². The number of carbonyl (C=O) groups is 7. The zero-order chi connectivity index (χ0) is 39.8. The fourth-order valence-corrected chi connectivity index (χ4v) is 9.04. The lowest BCUT2D eigenvalue weighted by Gasteiger charge is -2.34. The smallest absolute Gasteiger partial charge is 0.264 e. The summed E-state index contributed by atoms with van der Waals surface area (Å²) in [6.45, 7) is 5.77. The maximum atomic E-state index is 13.3. The zero-order valence-electron chi connectivity index (χ0n) is 31.9. The van der Waals surface area contributed by atoms with Crippen molar-refractivity contribution in [2.75, 3.05) is 61.3 Å². The first kappa shape index (κ1) is 38.4. The molecule has 5 heterocycles. The third-order valence-corrected chi connectivity index (χ3v) is 12.3. The number of piperidine rings is 1. The number of unbranched alkanes of at least 4 members (excludes halogenated alkanes) is 2. The molecule has 2 aromatic carbocycles. The van der Waals surface area contributed by atoms with Crippen LogP contribution in [0.4, 0.5) is 16.5 Å². The predicted octanol–water partition coefficient (Wildman–Crippen LogP) is 3.57. The number of carbonyl (C=O) groups excluding carboxylic acids is 7. The van der Waals surface area contributed by atoms with Crippen LogP contribution in [0.5, 0.6) is 0 Å². The van der Waals surface area contributed by atoms with Crippen molar-refractivity contribution in [1.29, 1.82) is 0 Å². The van der Waals surface area contributed by atoms with Gasteiger partial charge in [0.05, 0.1) is 23.4 Å². The Morgan fingerprint density at radius 2 is 1.72 bits per heavy atom. The van der Waals surface area contributed by atoms with E-state index in [0.717, 1.165) is 70.9 Å². The molecule has 1 saturated carbocycles. The molecule has 3 N–H and O–H groups in total. The number of hydrogen-bond acceptors (Lipinski definition) is 11. The van der Waals surface area contributed by atoms with Crippen LogP contribution >= 0.6 is 11.3 Å². The van der Waals surface area contributed by atoms with E-state index in [2.05, 4.69) is 22.0 Å². The highest BCUT2D eigenvalue weighted by atomic mass is 32.1. The van der Waals surface area contributed by atoms with Crippen LogP contribution in [-0.4, -0.2) is 113 Å². The van der Waals surface area contributed by atoms with Crippen molar-refractivity contribution in [1.82, 2.24) is 25.0 Å². The highest BCUT2D eigenvalue weighted by Crippen LogP contribution is 2.39. The van der Waals surface area contributed by atoms with E-state index in [4.69, 9.17) is 4.98 Å². The van der Waals surface area contributed by atoms with E-state index in [1.807, 2.05) is 33.8 Å². The molecule has 0 bridgehead atoms. The number of nitrogens with zero attached hydrogens (tertiary/aromatic N) is 5. The number of fused-ring (bicyclic) bond motifs is 2. The Morgan fingerprint density at radius 1 is 0.912 bits per heavy atom. The molecule has 2 saturated heterocycles. The molecule has 15 nitrogen and oxygen atoms in total. The van der Waals surface area contributed by atoms with Gasteiger partial charge >= 0.3 is 0 Å². The fourth-order valence-electron chi connectivity index (χ4n) is 8.19. The number of nitrogens with one attached hydrogen (secondary N) is 3. The van der Waals surface area contributed by atoms with Gasteiger partial charge in [-0.25, -0.2) is 4.98 Å². The number of piperazine rings is 1. The molecule has 57 heavy (non-hydrogen) atoms. The summed E-state index contributed by atoms with van der Waals surface area (Å²) in [4.78, 5) is 102. The third kappa shape index (κ3) is 8.05. The predicted molar refractivity (Wildman–Crippen MR) is 213 cm³/mol. The van der Waals surface area contributed by atoms with Crippen molar-refractivity contribution in [3.8, 4) is 11.3 Å². The zero-order valence-corrected chi connectivity index (χ0v) is 32.8. The molecule has 298 valence electrons. The van der Waals surface area contributed by atoms with E-state index in [1.165, 1.54) is 11.3 Å². The molecular weight excluding hydrogens is 749 g/mol. The van der Waals surface area contributed by atoms with Gasteiger partial charge in [0.15, 0.2) is 5.13 Å². The Labute approximate surface area is 334 Å². The Morgan fingerprint density at radius 3 is 2.49 bits per heavy atom. The lowest BCUT2D eigenvalue weighted by Crippen LogP contribution is -2.54. The van der Waals surface area contributed by atoms with Crippen LogP contribution in [-0.2, 0) is 30.4 Å². The monoisotopic (exact) mass is 794 g/mol. The van der Waals surface area contributed by atoms with Gasteiger partial charge in [-0.1, -0.05) is 18.6 Å². The van der Waals surface area contributed by atoms with Gasteiger partial charge in [-0.05, 0) is 75.3 Å². The molecule has 0 spiro atoms. The summed E-state index contributed by atoms with van der Waals surface area (Å²) in [5.74, 6) is -1.79. The van der Waals surface area contributed by atoms with E-state index in [0.29, 0.717) is 56.4 Å². The SMILES string of the molecule is Cc1sc(NC(=O)CN2CCN(C(=O)CCCCCNc3cccc4c3C(=O)N(C3CCC(=O)NC3=O)C4=O)CC2)nc1-c1ccc2c(c1)CCN2C(=O)C1CC1. The van der Waals surface area contributed by atoms with Crippen molar-refractivity contribution < 1.29 is 33.6 Å². The van der Waals surface area contributed by atoms with Gasteiger partial charge in [0.1, 0.15) is 6.04 Å². The minimum absolute atomic E-state index is 0.0614. The summed E-state index contributed by atoms with van der Waals surface area (Å²) in [5, 5.41) is 8.98. The largest absolute Gasteiger partial charge is 0.384 e. The molecule has 1 atom stereocenters. The number of thiazole rings is 1. The van der Waals surface area contributed by atoms with Gasteiger partial charge in [0.25, 0.3) is 11.8 Å². The summed E-state index contributed by atoms with van der Waals surface area (Å²) in [6.07, 6.45) is 5.62. The number of aryl methyl sites for hydroxylation is 1. The molecule has 3 fully saturated rings. The van der Waals surface area contributed by atoms with Crippen LogP contribution in [0.2, 0.25) is 0 Å². The second-order valence-electron chi connectivity index (χ2n) is 15.4. The number of rotatable bonds is 13. The van der Waals surface area contributed by atoms with E-state index in [9.17, 15) is 33.6 Å². The van der Waals surface area contributed by atoms with Crippen molar-refractivity contribution in [3.63, 3.8) is 0 Å². The average molecular weight is 795 g/mol. The average Bonchev–Trinajstić information content (AvgIpc) is 3.79. The topological polar surface area (TPSA) is 181 Å². The van der Waals surface area contributed by atoms with Crippen LogP contribution in [0, 0.1) is 12.8 Å². The molecule has 1 unspecified atom stereocenters. The normalized spacial score (nSPS) is 19.5. The number of aromatic nitrogens is 1. The van der Waals surface area contributed by atoms with Gasteiger partial charge in [0.2, 0.25) is 29.5 Å². The summed E-state index contributed by atoms with van der Waals surface area (Å²) in [5.41, 5.74) is 4.94. The number of benzene rings is 2. The molecular formula is C41H46N8O7S. The van der Waals surface area contributed by atoms with Crippen molar-refractivity contribution in [2.24, 2.45) is 5.92 Å². The van der Waals surface area contributed by atoms with Gasteiger partial charge < -0.3 is 20.4 Å². The summed E-state index contributed by atoms with van der Waals surface area (Å²) in [6, 6.07) is 10.1. The Bertz CT molecular complexity index is 2160. The second-order valence-corrected chi connectivity index (χ2v) is 16.6. The van der Waals surface area contributed by atoms with Crippen LogP contribution in [0.1, 0.15) is 82.5 Å². The quantitative estimate of drug-likeness (QED) is 0.171. The second kappa shape index (κ2) is 16.2. The highest BCUT2D eigenvalue weighted by Gasteiger charge is 2.45. The summed E-state index contributed by atoms with van der Waals surface area (Å²) < 4.78 is 0. The minimum Gasteiger partial charge on any atom is -0.384 e. The summed E-state index contributed by atoms with van der Waals surface area (Å²) in [7, 11) is 0. The number of imide groups is 2. The first-order chi connectivity index (χ1) is 27.5. The molecule has 0 radical (unpaired) electrons. The first-order valence-electron chi connectivity index (χ1n) is 19.9. The van der Waals surface area contributed by atoms with Crippen LogP contribution in [0.15, 0.2) is 36.4 Å². The van der Waals surface area contributed by atoms with Crippen molar-refractivity contribution >= 4 is 69.2 Å². The molecule has 8 rings (SSSR count). The van der Waals surface area contributed by atoms with Crippen LogP contribution < -0.4 is 20.9 Å². The van der Waals surface area contributed by atoms with E-state index in [1.54, 1.807) is 18.2 Å². The number of hydrogen-bond donors (Lipinski definition) is 3. The molecule has 3 aromatic rings. The number of anilines is 3. The maximum absolute atomic E-state index is 13.3. The fraction of sp³-hybridized carbons (Fsp3) is 0.463. The van der Waals surface area contributed by atoms with Crippen LogP contribution in [0.3, 0.4) is 0 Å². The first-order valence-corrected chi connectivity index (χ1v) is 20.7. The van der Waals surface area contributed by atoms with Gasteiger partial charge in [-0.3, -0.25) is 48.7 Å². The van der Waals surface area contributed by atoms with E-state index >= 15 is 0 Å². The van der Waals surface area contributed by atoms with Crippen LogP contribution in [0.25, 0.3) is 11.3 Å². The Kier molecular flexibility index (Phi) is 10.9. The molecule has 1 aromatic heterocycles. The number of amides is 7. The lowest BCUT2D eigenvalue weighted by atomic mass is 10.0. The molecule has 1 aliphatic carbocycles. The van der Waals surface area contributed by atoms with Crippen molar-refractivity contribution in [3.05, 3.63) is 58.0 Å². The Balaban J connectivity index is 0.737. The molecule has 16 heteroatoms.